The molecule has 1 N–H and O–H groups in total. The second kappa shape index (κ2) is 8.92. The van der Waals surface area contributed by atoms with Crippen molar-refractivity contribution in [2.45, 2.75) is 65.3 Å². The summed E-state index contributed by atoms with van der Waals surface area (Å²) in [6.07, 6.45) is 8.00. The van der Waals surface area contributed by atoms with Gasteiger partial charge in [0, 0.05) is 19.8 Å². The molecule has 1 aliphatic carbocycles. The van der Waals surface area contributed by atoms with Crippen molar-refractivity contribution in [1.29, 1.82) is 0 Å². The van der Waals surface area contributed by atoms with Gasteiger partial charge in [-0.15, -0.1) is 0 Å². The first-order valence-electron chi connectivity index (χ1n) is 7.87. The molecule has 1 rings (SSSR count). The summed E-state index contributed by atoms with van der Waals surface area (Å²) < 4.78 is 5.08. The molecule has 1 aliphatic rings. The van der Waals surface area contributed by atoms with E-state index in [2.05, 4.69) is 26.1 Å². The van der Waals surface area contributed by atoms with Gasteiger partial charge in [-0.05, 0) is 56.4 Å². The van der Waals surface area contributed by atoms with Gasteiger partial charge in [0.15, 0.2) is 0 Å². The van der Waals surface area contributed by atoms with Gasteiger partial charge in [-0.2, -0.15) is 0 Å². The molecule has 108 valence electrons. The molecule has 0 aliphatic heterocycles. The maximum atomic E-state index is 5.08. The van der Waals surface area contributed by atoms with Crippen LogP contribution in [-0.2, 0) is 4.74 Å². The molecule has 0 amide bonds. The fourth-order valence-corrected chi connectivity index (χ4v) is 3.27. The minimum absolute atomic E-state index is 0.760. The molecule has 0 heterocycles. The summed E-state index contributed by atoms with van der Waals surface area (Å²) in [5.41, 5.74) is 0. The molecule has 0 aromatic carbocycles. The maximum Gasteiger partial charge on any atom is 0.0462 e. The molecule has 0 saturated heterocycles. The lowest BCUT2D eigenvalue weighted by molar-refractivity contribution is 0.168. The van der Waals surface area contributed by atoms with Crippen molar-refractivity contribution in [3.8, 4) is 0 Å². The normalized spacial score (nSPS) is 28.8. The van der Waals surface area contributed by atoms with Gasteiger partial charge in [0.2, 0.25) is 0 Å². The molecule has 3 atom stereocenters. The highest BCUT2D eigenvalue weighted by atomic mass is 16.5. The van der Waals surface area contributed by atoms with Crippen molar-refractivity contribution >= 4 is 0 Å². The lowest BCUT2D eigenvalue weighted by atomic mass is 9.74. The predicted octanol–water partition coefficient (Wildman–Crippen LogP) is 3.85. The van der Waals surface area contributed by atoms with Crippen LogP contribution in [0.4, 0.5) is 0 Å². The first-order chi connectivity index (χ1) is 8.65. The van der Waals surface area contributed by atoms with Gasteiger partial charge >= 0.3 is 0 Å². The first kappa shape index (κ1) is 16.0. The Morgan fingerprint density at radius 1 is 1.17 bits per heavy atom. The summed E-state index contributed by atoms with van der Waals surface area (Å²) in [4.78, 5) is 0. The van der Waals surface area contributed by atoms with Gasteiger partial charge in [0.05, 0.1) is 0 Å². The summed E-state index contributed by atoms with van der Waals surface area (Å²) in [7, 11) is 1.79. The van der Waals surface area contributed by atoms with Crippen molar-refractivity contribution < 1.29 is 4.74 Å². The zero-order chi connectivity index (χ0) is 13.4. The van der Waals surface area contributed by atoms with Crippen LogP contribution in [0.5, 0.6) is 0 Å². The standard InChI is InChI=1S/C16H33NO/c1-13(2)15-9-8-14(3)12-16(15)17-10-6-5-7-11-18-4/h13-17H,5-12H2,1-4H3. The van der Waals surface area contributed by atoms with Crippen molar-refractivity contribution in [1.82, 2.24) is 5.32 Å². The Balaban J connectivity index is 2.20. The molecule has 0 aromatic rings. The second-order valence-electron chi connectivity index (χ2n) is 6.44. The van der Waals surface area contributed by atoms with E-state index in [9.17, 15) is 0 Å². The molecule has 18 heavy (non-hydrogen) atoms. The van der Waals surface area contributed by atoms with Crippen molar-refractivity contribution in [3.63, 3.8) is 0 Å². The van der Waals surface area contributed by atoms with Gasteiger partial charge in [0.25, 0.3) is 0 Å². The van der Waals surface area contributed by atoms with Crippen LogP contribution in [0.25, 0.3) is 0 Å². The number of nitrogens with one attached hydrogen (secondary N) is 1. The number of hydrogen-bond acceptors (Lipinski definition) is 2. The summed E-state index contributed by atoms with van der Waals surface area (Å²) in [5, 5.41) is 3.82. The molecule has 0 radical (unpaired) electrons. The average molecular weight is 255 g/mol. The van der Waals surface area contributed by atoms with Crippen LogP contribution in [0, 0.1) is 17.8 Å². The molecule has 2 nitrogen and oxygen atoms in total. The SMILES string of the molecule is COCCCCCNC1CC(C)CCC1C(C)C. The molecule has 1 saturated carbocycles. The Kier molecular flexibility index (Phi) is 7.92. The molecule has 0 aromatic heterocycles. The van der Waals surface area contributed by atoms with Gasteiger partial charge in [-0.3, -0.25) is 0 Å². The smallest absolute Gasteiger partial charge is 0.0462 e. The van der Waals surface area contributed by atoms with E-state index in [4.69, 9.17) is 4.74 Å². The van der Waals surface area contributed by atoms with Crippen molar-refractivity contribution in [2.75, 3.05) is 20.3 Å². The third kappa shape index (κ3) is 5.71. The molecule has 1 fully saturated rings. The largest absolute Gasteiger partial charge is 0.385 e. The summed E-state index contributed by atoms with van der Waals surface area (Å²) in [6.45, 7) is 9.27. The highest BCUT2D eigenvalue weighted by Gasteiger charge is 2.29. The number of rotatable bonds is 8. The monoisotopic (exact) mass is 255 g/mol. The summed E-state index contributed by atoms with van der Waals surface area (Å²) in [6, 6.07) is 0.760. The van der Waals surface area contributed by atoms with E-state index in [1.54, 1.807) is 7.11 Å². The fourth-order valence-electron chi connectivity index (χ4n) is 3.27. The van der Waals surface area contributed by atoms with Crippen LogP contribution >= 0.6 is 0 Å². The van der Waals surface area contributed by atoms with Crippen LogP contribution in [0.2, 0.25) is 0 Å². The maximum absolute atomic E-state index is 5.08. The van der Waals surface area contributed by atoms with Crippen molar-refractivity contribution in [3.05, 3.63) is 0 Å². The number of hydrogen-bond donors (Lipinski definition) is 1. The highest BCUT2D eigenvalue weighted by molar-refractivity contribution is 4.85. The third-order valence-electron chi connectivity index (χ3n) is 4.45. The molecule has 0 spiro atoms. The molecule has 0 bridgehead atoms. The molecule has 2 heteroatoms. The summed E-state index contributed by atoms with van der Waals surface area (Å²) >= 11 is 0. The Bertz CT molecular complexity index is 205. The number of unbranched alkanes of at least 4 members (excludes halogenated alkanes) is 2. The van der Waals surface area contributed by atoms with Crippen LogP contribution in [0.3, 0.4) is 0 Å². The van der Waals surface area contributed by atoms with Crippen LogP contribution < -0.4 is 5.32 Å². The van der Waals surface area contributed by atoms with E-state index >= 15 is 0 Å². The minimum Gasteiger partial charge on any atom is -0.385 e. The third-order valence-corrected chi connectivity index (χ3v) is 4.45. The zero-order valence-electron chi connectivity index (χ0n) is 12.9. The van der Waals surface area contributed by atoms with Gasteiger partial charge in [-0.1, -0.05) is 27.2 Å². The number of methoxy groups -OCH3 is 1. The van der Waals surface area contributed by atoms with Crippen LogP contribution in [-0.4, -0.2) is 26.3 Å². The van der Waals surface area contributed by atoms with Crippen LogP contribution in [0.1, 0.15) is 59.3 Å². The topological polar surface area (TPSA) is 21.3 Å². The Labute approximate surface area is 114 Å². The lowest BCUT2D eigenvalue weighted by Gasteiger charge is -2.38. The average Bonchev–Trinajstić information content (AvgIpc) is 2.33. The first-order valence-corrected chi connectivity index (χ1v) is 7.87. The molecular weight excluding hydrogens is 222 g/mol. The van der Waals surface area contributed by atoms with E-state index in [1.807, 2.05) is 0 Å². The summed E-state index contributed by atoms with van der Waals surface area (Å²) in [5.74, 6) is 2.62. The molecular formula is C16H33NO. The van der Waals surface area contributed by atoms with E-state index in [-0.39, 0.29) is 0 Å². The van der Waals surface area contributed by atoms with Gasteiger partial charge in [0.1, 0.15) is 0 Å². The number of ether oxygens (including phenoxy) is 1. The fraction of sp³-hybridized carbons (Fsp3) is 1.00. The van der Waals surface area contributed by atoms with E-state index in [1.165, 1.54) is 45.1 Å². The highest BCUT2D eigenvalue weighted by Crippen LogP contribution is 2.33. The molecule has 3 unspecified atom stereocenters. The minimum atomic E-state index is 0.760. The van der Waals surface area contributed by atoms with Crippen molar-refractivity contribution in [2.24, 2.45) is 17.8 Å². The van der Waals surface area contributed by atoms with Gasteiger partial charge in [-0.25, -0.2) is 0 Å². The lowest BCUT2D eigenvalue weighted by Crippen LogP contribution is -2.43. The predicted molar refractivity (Wildman–Crippen MR) is 78.9 cm³/mol. The Hall–Kier alpha value is -0.0800. The quantitative estimate of drug-likeness (QED) is 0.665. The van der Waals surface area contributed by atoms with Gasteiger partial charge < -0.3 is 10.1 Å². The van der Waals surface area contributed by atoms with E-state index < -0.39 is 0 Å². The van der Waals surface area contributed by atoms with E-state index in [0.29, 0.717) is 0 Å². The van der Waals surface area contributed by atoms with Crippen LogP contribution in [0.15, 0.2) is 0 Å². The Morgan fingerprint density at radius 2 is 1.94 bits per heavy atom. The Morgan fingerprint density at radius 3 is 2.61 bits per heavy atom. The van der Waals surface area contributed by atoms with E-state index in [0.717, 1.165) is 30.4 Å². The zero-order valence-corrected chi connectivity index (χ0v) is 12.9. The second-order valence-corrected chi connectivity index (χ2v) is 6.44.